The number of nitrogens with zero attached hydrogens (tertiary/aromatic N) is 2. The number of rotatable bonds is 5. The Hall–Kier alpha value is -2.88. The lowest BCUT2D eigenvalue weighted by molar-refractivity contribution is -0.0498. The maximum absolute atomic E-state index is 12.0. The Kier molecular flexibility index (Phi) is 4.73. The smallest absolute Gasteiger partial charge is 0.387 e. The molecule has 0 N–H and O–H groups in total. The summed E-state index contributed by atoms with van der Waals surface area (Å²) in [5, 5.41) is 8.77. The molecule has 0 radical (unpaired) electrons. The van der Waals surface area contributed by atoms with Gasteiger partial charge in [0.2, 0.25) is 0 Å². The van der Waals surface area contributed by atoms with Crippen LogP contribution in [0.25, 0.3) is 0 Å². The molecule has 0 aliphatic carbocycles. The second-order valence-corrected chi connectivity index (χ2v) is 4.44. The van der Waals surface area contributed by atoms with E-state index < -0.39 is 12.6 Å². The molecule has 0 fully saturated rings. The average Bonchev–Trinajstić information content (AvgIpc) is 2.87. The van der Waals surface area contributed by atoms with E-state index in [9.17, 15) is 13.6 Å². The van der Waals surface area contributed by atoms with Crippen LogP contribution in [0.2, 0.25) is 0 Å². The molecule has 0 atom stereocenters. The number of aryl methyl sites for hydroxylation is 1. The Bertz CT molecular complexity index is 703. The largest absolute Gasteiger partial charge is 0.456 e. The van der Waals surface area contributed by atoms with E-state index in [-0.39, 0.29) is 18.1 Å². The molecule has 0 spiro atoms. The van der Waals surface area contributed by atoms with Crippen LogP contribution in [0.5, 0.6) is 5.75 Å². The number of nitriles is 1. The van der Waals surface area contributed by atoms with Crippen molar-refractivity contribution in [1.29, 1.82) is 5.26 Å². The van der Waals surface area contributed by atoms with Crippen LogP contribution in [-0.4, -0.2) is 17.1 Å². The van der Waals surface area contributed by atoms with Crippen LogP contribution in [0.4, 0.5) is 8.78 Å². The lowest BCUT2D eigenvalue weighted by atomic mass is 10.2. The van der Waals surface area contributed by atoms with Gasteiger partial charge in [0.05, 0.1) is 5.56 Å². The minimum atomic E-state index is -2.88. The van der Waals surface area contributed by atoms with Crippen molar-refractivity contribution in [1.82, 2.24) is 4.57 Å². The third-order valence-electron chi connectivity index (χ3n) is 2.86. The van der Waals surface area contributed by atoms with Crippen molar-refractivity contribution >= 4 is 5.97 Å². The fraction of sp³-hybridized carbons (Fsp3) is 0.200. The first kappa shape index (κ1) is 15.5. The fourth-order valence-electron chi connectivity index (χ4n) is 1.82. The van der Waals surface area contributed by atoms with Crippen LogP contribution >= 0.6 is 0 Å². The van der Waals surface area contributed by atoms with Gasteiger partial charge in [-0.3, -0.25) is 0 Å². The second-order valence-electron chi connectivity index (χ2n) is 4.44. The average molecular weight is 306 g/mol. The van der Waals surface area contributed by atoms with Crippen LogP contribution in [-0.2, 0) is 18.4 Å². The molecule has 1 aromatic carbocycles. The number of benzene rings is 1. The summed E-state index contributed by atoms with van der Waals surface area (Å²) in [6.45, 7) is -2.89. The fourth-order valence-corrected chi connectivity index (χ4v) is 1.82. The highest BCUT2D eigenvalue weighted by Gasteiger charge is 2.13. The highest BCUT2D eigenvalue weighted by atomic mass is 19.3. The molecular weight excluding hydrogens is 294 g/mol. The summed E-state index contributed by atoms with van der Waals surface area (Å²) >= 11 is 0. The minimum absolute atomic E-state index is 0.0130. The van der Waals surface area contributed by atoms with Gasteiger partial charge in [0.1, 0.15) is 24.1 Å². The molecule has 22 heavy (non-hydrogen) atoms. The molecule has 0 amide bonds. The molecule has 0 aliphatic rings. The Balaban J connectivity index is 1.96. The first-order chi connectivity index (χ1) is 10.5. The molecule has 2 aromatic rings. The van der Waals surface area contributed by atoms with Crippen molar-refractivity contribution in [2.45, 2.75) is 13.2 Å². The summed E-state index contributed by atoms with van der Waals surface area (Å²) < 4.78 is 34.9. The number of ether oxygens (including phenoxy) is 2. The van der Waals surface area contributed by atoms with Crippen LogP contribution < -0.4 is 4.74 Å². The zero-order valence-electron chi connectivity index (χ0n) is 11.6. The van der Waals surface area contributed by atoms with Crippen LogP contribution in [0.1, 0.15) is 21.6 Å². The molecule has 114 valence electrons. The minimum Gasteiger partial charge on any atom is -0.456 e. The van der Waals surface area contributed by atoms with Crippen LogP contribution in [0.3, 0.4) is 0 Å². The lowest BCUT2D eigenvalue weighted by Gasteiger charge is -2.07. The Morgan fingerprint density at radius 3 is 2.59 bits per heavy atom. The predicted octanol–water partition coefficient (Wildman–Crippen LogP) is 2.86. The monoisotopic (exact) mass is 306 g/mol. The predicted molar refractivity (Wildman–Crippen MR) is 72.3 cm³/mol. The van der Waals surface area contributed by atoms with Gasteiger partial charge in [0.15, 0.2) is 0 Å². The summed E-state index contributed by atoms with van der Waals surface area (Å²) in [6.07, 6.45) is 1.52. The number of hydrogen-bond acceptors (Lipinski definition) is 4. The molecular formula is C15H12F2N2O3. The zero-order chi connectivity index (χ0) is 16.1. The van der Waals surface area contributed by atoms with E-state index in [0.29, 0.717) is 11.1 Å². The van der Waals surface area contributed by atoms with Crippen molar-refractivity contribution in [3.63, 3.8) is 0 Å². The molecule has 0 aliphatic heterocycles. The van der Waals surface area contributed by atoms with E-state index in [4.69, 9.17) is 10.00 Å². The van der Waals surface area contributed by atoms with E-state index in [1.54, 1.807) is 7.05 Å². The van der Waals surface area contributed by atoms with Crippen molar-refractivity contribution in [3.8, 4) is 11.8 Å². The molecule has 0 saturated heterocycles. The topological polar surface area (TPSA) is 64.2 Å². The Morgan fingerprint density at radius 1 is 1.36 bits per heavy atom. The van der Waals surface area contributed by atoms with Crippen LogP contribution in [0, 0.1) is 11.3 Å². The molecule has 7 heteroatoms. The van der Waals surface area contributed by atoms with Crippen molar-refractivity contribution < 1.29 is 23.0 Å². The van der Waals surface area contributed by atoms with Gasteiger partial charge < -0.3 is 14.0 Å². The van der Waals surface area contributed by atoms with Gasteiger partial charge in [-0.15, -0.1) is 0 Å². The summed E-state index contributed by atoms with van der Waals surface area (Å²) in [5.74, 6) is -0.539. The Labute approximate surface area is 125 Å². The lowest BCUT2D eigenvalue weighted by Crippen LogP contribution is -2.09. The second kappa shape index (κ2) is 6.72. The van der Waals surface area contributed by atoms with Gasteiger partial charge >= 0.3 is 12.6 Å². The van der Waals surface area contributed by atoms with Gasteiger partial charge in [-0.1, -0.05) is 12.1 Å². The maximum Gasteiger partial charge on any atom is 0.387 e. The van der Waals surface area contributed by atoms with E-state index >= 15 is 0 Å². The number of carbonyl (C=O) groups excluding carboxylic acids is 1. The standard InChI is InChI=1S/C15H12F2N2O3/c1-19-8-11(7-18)6-13(19)14(20)21-9-10-2-4-12(5-3-10)22-15(16)17/h2-6,8,15H,9H2,1H3. The molecule has 0 saturated carbocycles. The van der Waals surface area contributed by atoms with Gasteiger partial charge in [-0.2, -0.15) is 14.0 Å². The normalized spacial score (nSPS) is 10.3. The maximum atomic E-state index is 12.0. The Morgan fingerprint density at radius 2 is 2.05 bits per heavy atom. The van der Waals surface area contributed by atoms with Crippen molar-refractivity contribution in [2.75, 3.05) is 0 Å². The molecule has 2 rings (SSSR count). The number of carbonyl (C=O) groups is 1. The van der Waals surface area contributed by atoms with Crippen LogP contribution in [0.15, 0.2) is 36.5 Å². The summed E-state index contributed by atoms with van der Waals surface area (Å²) in [6, 6.07) is 9.15. The summed E-state index contributed by atoms with van der Waals surface area (Å²) in [4.78, 5) is 11.9. The zero-order valence-corrected chi connectivity index (χ0v) is 11.6. The number of aromatic nitrogens is 1. The number of halogens is 2. The first-order valence-corrected chi connectivity index (χ1v) is 6.27. The highest BCUT2D eigenvalue weighted by molar-refractivity contribution is 5.88. The molecule has 1 aromatic heterocycles. The van der Waals surface area contributed by atoms with E-state index in [0.717, 1.165) is 0 Å². The summed E-state index contributed by atoms with van der Waals surface area (Å²) in [5.41, 5.74) is 1.25. The first-order valence-electron chi connectivity index (χ1n) is 6.27. The van der Waals surface area contributed by atoms with Gasteiger partial charge in [-0.25, -0.2) is 4.79 Å². The van der Waals surface area contributed by atoms with Crippen molar-refractivity contribution in [2.24, 2.45) is 7.05 Å². The number of hydrogen-bond donors (Lipinski definition) is 0. The van der Waals surface area contributed by atoms with E-state index in [2.05, 4.69) is 4.74 Å². The molecule has 5 nitrogen and oxygen atoms in total. The molecule has 0 bridgehead atoms. The van der Waals surface area contributed by atoms with Gasteiger partial charge in [0, 0.05) is 13.2 Å². The quantitative estimate of drug-likeness (QED) is 0.797. The van der Waals surface area contributed by atoms with Gasteiger partial charge in [0.25, 0.3) is 0 Å². The SMILES string of the molecule is Cn1cc(C#N)cc1C(=O)OCc1ccc(OC(F)F)cc1. The summed E-state index contributed by atoms with van der Waals surface area (Å²) in [7, 11) is 1.63. The number of alkyl halides is 2. The van der Waals surface area contributed by atoms with E-state index in [1.165, 1.54) is 41.1 Å². The number of esters is 1. The molecule has 1 heterocycles. The van der Waals surface area contributed by atoms with Crippen molar-refractivity contribution in [3.05, 3.63) is 53.3 Å². The van der Waals surface area contributed by atoms with Gasteiger partial charge in [-0.05, 0) is 23.8 Å². The third kappa shape index (κ3) is 3.82. The third-order valence-corrected chi connectivity index (χ3v) is 2.86. The van der Waals surface area contributed by atoms with E-state index in [1.807, 2.05) is 6.07 Å². The highest BCUT2D eigenvalue weighted by Crippen LogP contribution is 2.16. The molecule has 0 unspecified atom stereocenters.